The lowest BCUT2D eigenvalue weighted by molar-refractivity contribution is -0.134. The summed E-state index contributed by atoms with van der Waals surface area (Å²) in [5.41, 5.74) is 7.21. The molecule has 3 heterocycles. The van der Waals surface area contributed by atoms with Crippen LogP contribution in [0.1, 0.15) is 51.8 Å². The summed E-state index contributed by atoms with van der Waals surface area (Å²) in [4.78, 5) is 34.9. The highest BCUT2D eigenvalue weighted by molar-refractivity contribution is 5.79. The molecule has 0 aliphatic carbocycles. The molecule has 152 valence electrons. The van der Waals surface area contributed by atoms with Crippen LogP contribution in [0.5, 0.6) is 0 Å². The number of rotatable bonds is 8. The van der Waals surface area contributed by atoms with Crippen molar-refractivity contribution in [3.8, 4) is 0 Å². The molecule has 0 bridgehead atoms. The normalized spacial score (nSPS) is 15.5. The molecule has 1 fully saturated rings. The van der Waals surface area contributed by atoms with Crippen molar-refractivity contribution in [1.29, 1.82) is 0 Å². The fourth-order valence-corrected chi connectivity index (χ4v) is 3.79. The van der Waals surface area contributed by atoms with Gasteiger partial charge in [-0.1, -0.05) is 13.8 Å². The number of aryl methyl sites for hydroxylation is 2. The summed E-state index contributed by atoms with van der Waals surface area (Å²) < 4.78 is 2.21. The number of hydrogen-bond donors (Lipinski definition) is 1. The maximum absolute atomic E-state index is 12.5. The largest absolute Gasteiger partial charge is 0.369 e. The van der Waals surface area contributed by atoms with Crippen molar-refractivity contribution in [3.05, 3.63) is 24.2 Å². The number of hydrogen-bond acceptors (Lipinski definition) is 4. The second-order valence-electron chi connectivity index (χ2n) is 8.12. The van der Waals surface area contributed by atoms with Gasteiger partial charge in [-0.05, 0) is 43.7 Å². The number of aromatic nitrogens is 3. The average molecular weight is 386 g/mol. The van der Waals surface area contributed by atoms with Crippen LogP contribution in [0.25, 0.3) is 11.2 Å². The molecule has 2 aromatic rings. The molecule has 1 saturated heterocycles. The summed E-state index contributed by atoms with van der Waals surface area (Å²) in [5, 5.41) is 0. The minimum absolute atomic E-state index is 0.0857. The third kappa shape index (κ3) is 4.88. The Morgan fingerprint density at radius 1 is 1.29 bits per heavy atom. The van der Waals surface area contributed by atoms with Crippen molar-refractivity contribution in [2.45, 2.75) is 58.9 Å². The van der Waals surface area contributed by atoms with Crippen molar-refractivity contribution in [3.63, 3.8) is 0 Å². The highest BCUT2D eigenvalue weighted by Gasteiger charge is 2.25. The number of carbonyl (C=O) groups is 2. The zero-order chi connectivity index (χ0) is 20.1. The van der Waals surface area contributed by atoms with Gasteiger partial charge in [-0.15, -0.1) is 0 Å². The van der Waals surface area contributed by atoms with Crippen LogP contribution >= 0.6 is 0 Å². The molecule has 2 amide bonds. The van der Waals surface area contributed by atoms with Gasteiger partial charge in [0, 0.05) is 44.6 Å². The topological polar surface area (TPSA) is 94.1 Å². The zero-order valence-corrected chi connectivity index (χ0v) is 16.9. The first-order valence-corrected chi connectivity index (χ1v) is 10.3. The van der Waals surface area contributed by atoms with Gasteiger partial charge >= 0.3 is 0 Å². The molecular formula is C21H31N5O2. The van der Waals surface area contributed by atoms with Gasteiger partial charge in [0.25, 0.3) is 0 Å². The lowest BCUT2D eigenvalue weighted by Gasteiger charge is -2.30. The SMILES string of the molecule is CC(C)CCn1c(CCCC(=O)N2CCC(C(N)=O)CC2)nc2cccnc21. The Morgan fingerprint density at radius 2 is 2.04 bits per heavy atom. The number of nitrogens with two attached hydrogens (primary N) is 1. The molecule has 0 atom stereocenters. The molecule has 7 nitrogen and oxygen atoms in total. The van der Waals surface area contributed by atoms with E-state index in [0.29, 0.717) is 38.3 Å². The van der Waals surface area contributed by atoms with E-state index in [1.807, 2.05) is 17.0 Å². The first-order chi connectivity index (χ1) is 13.5. The lowest BCUT2D eigenvalue weighted by atomic mass is 9.96. The molecule has 2 aromatic heterocycles. The molecular weight excluding hydrogens is 354 g/mol. The Balaban J connectivity index is 1.57. The van der Waals surface area contributed by atoms with E-state index in [2.05, 4.69) is 23.4 Å². The minimum atomic E-state index is -0.249. The van der Waals surface area contributed by atoms with E-state index in [-0.39, 0.29) is 17.7 Å². The second kappa shape index (κ2) is 9.17. The first kappa shape index (κ1) is 20.3. The Kier molecular flexibility index (Phi) is 6.65. The maximum Gasteiger partial charge on any atom is 0.222 e. The Labute approximate surface area is 166 Å². The summed E-state index contributed by atoms with van der Waals surface area (Å²) in [6.07, 6.45) is 6.26. The number of carbonyl (C=O) groups excluding carboxylic acids is 2. The summed E-state index contributed by atoms with van der Waals surface area (Å²) in [5.74, 6) is 1.44. The van der Waals surface area contributed by atoms with Gasteiger partial charge < -0.3 is 15.2 Å². The molecule has 2 N–H and O–H groups in total. The number of piperidine rings is 1. The molecule has 0 radical (unpaired) electrons. The van der Waals surface area contributed by atoms with Gasteiger partial charge in [-0.2, -0.15) is 0 Å². The molecule has 1 aliphatic rings. The molecule has 28 heavy (non-hydrogen) atoms. The number of fused-ring (bicyclic) bond motifs is 1. The van der Waals surface area contributed by atoms with E-state index < -0.39 is 0 Å². The lowest BCUT2D eigenvalue weighted by Crippen LogP contribution is -2.41. The summed E-state index contributed by atoms with van der Waals surface area (Å²) in [6, 6.07) is 3.90. The van der Waals surface area contributed by atoms with Crippen LogP contribution in [0.2, 0.25) is 0 Å². The number of amides is 2. The molecule has 7 heteroatoms. The van der Waals surface area contributed by atoms with Gasteiger partial charge in [-0.25, -0.2) is 9.97 Å². The summed E-state index contributed by atoms with van der Waals surface area (Å²) >= 11 is 0. The van der Waals surface area contributed by atoms with E-state index in [1.165, 1.54) is 0 Å². The average Bonchev–Trinajstić information content (AvgIpc) is 3.03. The number of pyridine rings is 1. The van der Waals surface area contributed by atoms with E-state index in [9.17, 15) is 9.59 Å². The molecule has 0 aromatic carbocycles. The van der Waals surface area contributed by atoms with Gasteiger partial charge in [0.1, 0.15) is 11.3 Å². The first-order valence-electron chi connectivity index (χ1n) is 10.3. The number of primary amides is 1. The van der Waals surface area contributed by atoms with Crippen molar-refractivity contribution >= 4 is 23.0 Å². The molecule has 1 aliphatic heterocycles. The molecule has 0 unspecified atom stereocenters. The van der Waals surface area contributed by atoms with Crippen LogP contribution < -0.4 is 5.73 Å². The van der Waals surface area contributed by atoms with Gasteiger partial charge in [0.2, 0.25) is 11.8 Å². The fourth-order valence-electron chi connectivity index (χ4n) is 3.79. The van der Waals surface area contributed by atoms with Gasteiger partial charge in [0.05, 0.1) is 0 Å². The molecule has 3 rings (SSSR count). The van der Waals surface area contributed by atoms with Crippen molar-refractivity contribution in [1.82, 2.24) is 19.4 Å². The van der Waals surface area contributed by atoms with Crippen molar-refractivity contribution < 1.29 is 9.59 Å². The van der Waals surface area contributed by atoms with Crippen LogP contribution in [0.3, 0.4) is 0 Å². The van der Waals surface area contributed by atoms with Gasteiger partial charge in [-0.3, -0.25) is 9.59 Å². The van der Waals surface area contributed by atoms with Gasteiger partial charge in [0.15, 0.2) is 5.65 Å². The van der Waals surface area contributed by atoms with E-state index in [4.69, 9.17) is 10.7 Å². The number of likely N-dealkylation sites (tertiary alicyclic amines) is 1. The standard InChI is InChI=1S/C21H31N5O2/c1-15(2)8-14-26-18(24-17-5-4-11-23-21(17)26)6-3-7-19(27)25-12-9-16(10-13-25)20(22)28/h4-5,11,15-16H,3,6-10,12-14H2,1-2H3,(H2,22,28). The van der Waals surface area contributed by atoms with Crippen LogP contribution in [-0.4, -0.2) is 44.3 Å². The predicted molar refractivity (Wildman–Crippen MR) is 108 cm³/mol. The Bertz CT molecular complexity index is 821. The van der Waals surface area contributed by atoms with Crippen LogP contribution in [0, 0.1) is 11.8 Å². The van der Waals surface area contributed by atoms with Crippen molar-refractivity contribution in [2.75, 3.05) is 13.1 Å². The maximum atomic E-state index is 12.5. The number of nitrogens with zero attached hydrogens (tertiary/aromatic N) is 4. The quantitative estimate of drug-likeness (QED) is 0.755. The predicted octanol–water partition coefficient (Wildman–Crippen LogP) is 2.52. The number of imidazole rings is 1. The third-order valence-corrected chi connectivity index (χ3v) is 5.55. The van der Waals surface area contributed by atoms with Crippen LogP contribution in [-0.2, 0) is 22.6 Å². The summed E-state index contributed by atoms with van der Waals surface area (Å²) in [7, 11) is 0. The smallest absolute Gasteiger partial charge is 0.222 e. The third-order valence-electron chi connectivity index (χ3n) is 5.55. The Morgan fingerprint density at radius 3 is 2.71 bits per heavy atom. The Hall–Kier alpha value is -2.44. The minimum Gasteiger partial charge on any atom is -0.369 e. The summed E-state index contributed by atoms with van der Waals surface area (Å²) in [6.45, 7) is 6.58. The fraction of sp³-hybridized carbons (Fsp3) is 0.619. The molecule has 0 spiro atoms. The van der Waals surface area contributed by atoms with E-state index >= 15 is 0 Å². The van der Waals surface area contributed by atoms with Crippen molar-refractivity contribution in [2.24, 2.45) is 17.6 Å². The molecule has 0 saturated carbocycles. The highest BCUT2D eigenvalue weighted by atomic mass is 16.2. The van der Waals surface area contributed by atoms with E-state index in [0.717, 1.165) is 42.8 Å². The monoisotopic (exact) mass is 385 g/mol. The zero-order valence-electron chi connectivity index (χ0n) is 16.9. The van der Waals surface area contributed by atoms with Crippen LogP contribution in [0.15, 0.2) is 18.3 Å². The second-order valence-corrected chi connectivity index (χ2v) is 8.12. The van der Waals surface area contributed by atoms with E-state index in [1.54, 1.807) is 6.20 Å². The highest BCUT2D eigenvalue weighted by Crippen LogP contribution is 2.20. The van der Waals surface area contributed by atoms with Crippen LogP contribution in [0.4, 0.5) is 0 Å².